The summed E-state index contributed by atoms with van der Waals surface area (Å²) in [5, 5.41) is 0. The summed E-state index contributed by atoms with van der Waals surface area (Å²) in [6.07, 6.45) is 6.63. The Morgan fingerprint density at radius 3 is 2.59 bits per heavy atom. The topological polar surface area (TPSA) is 29.6 Å². The van der Waals surface area contributed by atoms with Crippen molar-refractivity contribution in [2.45, 2.75) is 71.0 Å². The fourth-order valence-electron chi connectivity index (χ4n) is 3.66. The van der Waals surface area contributed by atoms with Gasteiger partial charge in [0.05, 0.1) is 11.7 Å². The maximum atomic E-state index is 11.9. The third-order valence-electron chi connectivity index (χ3n) is 4.99. The monoisotopic (exact) mass is 234 g/mol. The molecule has 0 aromatic rings. The summed E-state index contributed by atoms with van der Waals surface area (Å²) in [6.45, 7) is 6.68. The van der Waals surface area contributed by atoms with Crippen LogP contribution in [0.5, 0.6) is 0 Å². The highest BCUT2D eigenvalue weighted by Crippen LogP contribution is 2.53. The van der Waals surface area contributed by atoms with Crippen molar-refractivity contribution in [3.8, 4) is 0 Å². The van der Waals surface area contributed by atoms with Crippen LogP contribution in [0.2, 0.25) is 0 Å². The molecule has 0 aromatic heterocycles. The highest BCUT2D eigenvalue weighted by atomic mass is 16.6. The molecule has 0 radical (unpaired) electrons. The Bertz CT molecular complexity index is 405. The first-order chi connectivity index (χ1) is 7.92. The van der Waals surface area contributed by atoms with Gasteiger partial charge in [0.25, 0.3) is 0 Å². The van der Waals surface area contributed by atoms with Gasteiger partial charge in [-0.3, -0.25) is 4.79 Å². The Morgan fingerprint density at radius 1 is 1.24 bits per heavy atom. The third kappa shape index (κ3) is 1.77. The zero-order chi connectivity index (χ0) is 12.3. The van der Waals surface area contributed by atoms with Gasteiger partial charge in [-0.05, 0) is 56.9 Å². The Hall–Kier alpha value is -0.630. The summed E-state index contributed by atoms with van der Waals surface area (Å²) in [4.78, 5) is 11.9. The molecule has 2 aliphatic carbocycles. The number of carbonyl (C=O) groups excluding carboxylic acids is 1. The second-order valence-corrected chi connectivity index (χ2v) is 6.71. The average Bonchev–Trinajstić information content (AvgIpc) is 2.71. The number of carbonyl (C=O) groups is 1. The predicted molar refractivity (Wildman–Crippen MR) is 66.8 cm³/mol. The minimum absolute atomic E-state index is 0.0732. The van der Waals surface area contributed by atoms with E-state index in [1.54, 1.807) is 0 Å². The molecule has 2 heteroatoms. The van der Waals surface area contributed by atoms with E-state index in [2.05, 4.69) is 20.8 Å². The molecule has 94 valence electrons. The lowest BCUT2D eigenvalue weighted by Gasteiger charge is -2.35. The molecule has 2 atom stereocenters. The van der Waals surface area contributed by atoms with Gasteiger partial charge in [0, 0.05) is 6.42 Å². The maximum Gasteiger partial charge on any atom is 0.158 e. The molecule has 1 fully saturated rings. The third-order valence-corrected chi connectivity index (χ3v) is 4.99. The second kappa shape index (κ2) is 3.44. The molecule has 2 unspecified atom stereocenters. The summed E-state index contributed by atoms with van der Waals surface area (Å²) in [5.41, 5.74) is 2.96. The highest BCUT2D eigenvalue weighted by molar-refractivity contribution is 5.97. The van der Waals surface area contributed by atoms with Crippen LogP contribution in [0.3, 0.4) is 0 Å². The Kier molecular flexibility index (Phi) is 2.32. The van der Waals surface area contributed by atoms with E-state index >= 15 is 0 Å². The first kappa shape index (κ1) is 11.5. The first-order valence-electron chi connectivity index (χ1n) is 6.86. The van der Waals surface area contributed by atoms with Gasteiger partial charge in [-0.25, -0.2) is 0 Å². The van der Waals surface area contributed by atoms with E-state index in [4.69, 9.17) is 4.74 Å². The van der Waals surface area contributed by atoms with Gasteiger partial charge < -0.3 is 4.74 Å². The van der Waals surface area contributed by atoms with Crippen LogP contribution in [0.15, 0.2) is 11.1 Å². The molecule has 0 saturated carbocycles. The molecule has 2 nitrogen and oxygen atoms in total. The van der Waals surface area contributed by atoms with Gasteiger partial charge in [0.15, 0.2) is 5.78 Å². The standard InChI is InChI=1S/C15H22O2/c1-14(2)13(17-14)9-15(3)8-7-12(16)10-5-4-6-11(10)15/h13H,4-9H2,1-3H3. The van der Waals surface area contributed by atoms with Gasteiger partial charge in [0.2, 0.25) is 0 Å². The lowest BCUT2D eigenvalue weighted by molar-refractivity contribution is -0.116. The number of hydrogen-bond acceptors (Lipinski definition) is 2. The minimum atomic E-state index is 0.0732. The van der Waals surface area contributed by atoms with E-state index in [1.807, 2.05) is 0 Å². The van der Waals surface area contributed by atoms with Crippen LogP contribution in [0.1, 0.15) is 59.3 Å². The van der Waals surface area contributed by atoms with Crippen molar-refractivity contribution in [2.24, 2.45) is 5.41 Å². The Balaban J connectivity index is 1.84. The molecular weight excluding hydrogens is 212 g/mol. The van der Waals surface area contributed by atoms with Crippen LogP contribution in [-0.2, 0) is 9.53 Å². The van der Waals surface area contributed by atoms with Crippen molar-refractivity contribution >= 4 is 5.78 Å². The molecule has 0 aromatic carbocycles. The van der Waals surface area contributed by atoms with Crippen LogP contribution in [0.25, 0.3) is 0 Å². The zero-order valence-electron chi connectivity index (χ0n) is 11.1. The molecule has 17 heavy (non-hydrogen) atoms. The van der Waals surface area contributed by atoms with Crippen LogP contribution < -0.4 is 0 Å². The molecule has 0 amide bonds. The number of rotatable bonds is 2. The molecule has 0 spiro atoms. The normalized spacial score (nSPS) is 39.5. The van der Waals surface area contributed by atoms with Crippen LogP contribution in [0.4, 0.5) is 0 Å². The van der Waals surface area contributed by atoms with Crippen molar-refractivity contribution in [1.82, 2.24) is 0 Å². The highest BCUT2D eigenvalue weighted by Gasteiger charge is 2.52. The summed E-state index contributed by atoms with van der Waals surface area (Å²) in [7, 11) is 0. The van der Waals surface area contributed by atoms with E-state index in [0.29, 0.717) is 11.9 Å². The van der Waals surface area contributed by atoms with Crippen molar-refractivity contribution in [1.29, 1.82) is 0 Å². The van der Waals surface area contributed by atoms with E-state index < -0.39 is 0 Å². The fraction of sp³-hybridized carbons (Fsp3) is 0.800. The van der Waals surface area contributed by atoms with E-state index in [0.717, 1.165) is 32.1 Å². The zero-order valence-corrected chi connectivity index (χ0v) is 11.1. The second-order valence-electron chi connectivity index (χ2n) is 6.71. The summed E-state index contributed by atoms with van der Waals surface area (Å²) < 4.78 is 5.74. The number of Topliss-reactive ketones (excluding diaryl/α,β-unsaturated/α-hetero) is 1. The van der Waals surface area contributed by atoms with Crippen LogP contribution >= 0.6 is 0 Å². The summed E-state index contributed by atoms with van der Waals surface area (Å²) in [6, 6.07) is 0. The Labute approximate surface area is 103 Å². The molecule has 1 heterocycles. The minimum Gasteiger partial charge on any atom is -0.367 e. The van der Waals surface area contributed by atoms with Crippen molar-refractivity contribution < 1.29 is 9.53 Å². The molecule has 1 saturated heterocycles. The molecular formula is C15H22O2. The predicted octanol–water partition coefficient (Wildman–Crippen LogP) is 3.40. The number of ether oxygens (including phenoxy) is 1. The van der Waals surface area contributed by atoms with E-state index in [-0.39, 0.29) is 11.0 Å². The number of allylic oxidation sites excluding steroid dienone is 2. The summed E-state index contributed by atoms with van der Waals surface area (Å²) >= 11 is 0. The molecule has 3 rings (SSSR count). The maximum absolute atomic E-state index is 11.9. The van der Waals surface area contributed by atoms with Crippen molar-refractivity contribution in [3.63, 3.8) is 0 Å². The molecule has 0 N–H and O–H groups in total. The lowest BCUT2D eigenvalue weighted by atomic mass is 9.68. The van der Waals surface area contributed by atoms with Gasteiger partial charge in [-0.1, -0.05) is 12.5 Å². The Morgan fingerprint density at radius 2 is 1.94 bits per heavy atom. The van der Waals surface area contributed by atoms with Gasteiger partial charge in [0.1, 0.15) is 0 Å². The van der Waals surface area contributed by atoms with Gasteiger partial charge in [-0.15, -0.1) is 0 Å². The van der Waals surface area contributed by atoms with E-state index in [9.17, 15) is 4.79 Å². The largest absolute Gasteiger partial charge is 0.367 e. The number of hydrogen-bond donors (Lipinski definition) is 0. The number of epoxide rings is 1. The average molecular weight is 234 g/mol. The quantitative estimate of drug-likeness (QED) is 0.685. The first-order valence-corrected chi connectivity index (χ1v) is 6.86. The van der Waals surface area contributed by atoms with Gasteiger partial charge in [-0.2, -0.15) is 0 Å². The van der Waals surface area contributed by atoms with Crippen LogP contribution in [0, 0.1) is 5.41 Å². The SMILES string of the molecule is CC1(CC2OC2(C)C)CCC(=O)C2=C1CCC2. The molecule has 3 aliphatic rings. The lowest BCUT2D eigenvalue weighted by Crippen LogP contribution is -2.29. The van der Waals surface area contributed by atoms with Crippen molar-refractivity contribution in [2.75, 3.05) is 0 Å². The van der Waals surface area contributed by atoms with E-state index in [1.165, 1.54) is 17.6 Å². The number of ketones is 1. The fourth-order valence-corrected chi connectivity index (χ4v) is 3.66. The van der Waals surface area contributed by atoms with Crippen molar-refractivity contribution in [3.05, 3.63) is 11.1 Å². The summed E-state index contributed by atoms with van der Waals surface area (Å²) in [5.74, 6) is 0.422. The smallest absolute Gasteiger partial charge is 0.158 e. The molecule has 0 bridgehead atoms. The molecule has 1 aliphatic heterocycles. The van der Waals surface area contributed by atoms with Gasteiger partial charge >= 0.3 is 0 Å². The van der Waals surface area contributed by atoms with Crippen LogP contribution in [-0.4, -0.2) is 17.5 Å².